The van der Waals surface area contributed by atoms with E-state index in [1.165, 1.54) is 16.7 Å². The number of hydrogen-bond acceptors (Lipinski definition) is 4. The number of nitrogens with zero attached hydrogens (tertiary/aromatic N) is 2. The number of nitrogens with one attached hydrogen (secondary N) is 1. The molecule has 2 heterocycles. The smallest absolute Gasteiger partial charge is 0.148 e. The Kier molecular flexibility index (Phi) is 3.76. The van der Waals surface area contributed by atoms with E-state index in [0.29, 0.717) is 6.61 Å². The fraction of sp³-hybridized carbons (Fsp3) is 0.375. The van der Waals surface area contributed by atoms with Gasteiger partial charge < -0.3 is 10.1 Å². The summed E-state index contributed by atoms with van der Waals surface area (Å²) in [7, 11) is 0. The van der Waals surface area contributed by atoms with Crippen LogP contribution in [-0.4, -0.2) is 29.7 Å². The standard InChI is InChI=1S/C16H19N3O/c1-11-3-4-12(2)13(9-11)14-5-6-18-16(19-14)15-10-20-8-7-17-15/h3-6,9,15,17H,7-8,10H2,1-2H3. The first kappa shape index (κ1) is 13.2. The lowest BCUT2D eigenvalue weighted by Crippen LogP contribution is -2.35. The molecule has 1 atom stereocenters. The summed E-state index contributed by atoms with van der Waals surface area (Å²) < 4.78 is 5.48. The van der Waals surface area contributed by atoms with Crippen LogP contribution >= 0.6 is 0 Å². The van der Waals surface area contributed by atoms with Crippen LogP contribution in [0.25, 0.3) is 11.3 Å². The molecular weight excluding hydrogens is 250 g/mol. The quantitative estimate of drug-likeness (QED) is 0.909. The van der Waals surface area contributed by atoms with Gasteiger partial charge >= 0.3 is 0 Å². The van der Waals surface area contributed by atoms with Crippen LogP contribution in [0.2, 0.25) is 0 Å². The molecule has 2 aromatic rings. The molecule has 20 heavy (non-hydrogen) atoms. The van der Waals surface area contributed by atoms with Crippen molar-refractivity contribution in [3.05, 3.63) is 47.4 Å². The maximum absolute atomic E-state index is 5.48. The van der Waals surface area contributed by atoms with E-state index in [1.54, 1.807) is 0 Å². The largest absolute Gasteiger partial charge is 0.378 e. The molecule has 1 aliphatic rings. The van der Waals surface area contributed by atoms with Crippen molar-refractivity contribution >= 4 is 0 Å². The van der Waals surface area contributed by atoms with Gasteiger partial charge in [-0.25, -0.2) is 9.97 Å². The van der Waals surface area contributed by atoms with Gasteiger partial charge in [-0.1, -0.05) is 17.7 Å². The van der Waals surface area contributed by atoms with Crippen molar-refractivity contribution in [2.75, 3.05) is 19.8 Å². The molecule has 0 saturated carbocycles. The zero-order valence-corrected chi connectivity index (χ0v) is 11.9. The number of hydrogen-bond donors (Lipinski definition) is 1. The second-order valence-corrected chi connectivity index (χ2v) is 5.20. The highest BCUT2D eigenvalue weighted by molar-refractivity contribution is 5.64. The zero-order chi connectivity index (χ0) is 13.9. The topological polar surface area (TPSA) is 47.0 Å². The third-order valence-electron chi connectivity index (χ3n) is 3.58. The molecule has 1 aromatic heterocycles. The first-order valence-corrected chi connectivity index (χ1v) is 6.96. The van der Waals surface area contributed by atoms with E-state index in [0.717, 1.165) is 24.7 Å². The van der Waals surface area contributed by atoms with Gasteiger partial charge in [0.25, 0.3) is 0 Å². The van der Waals surface area contributed by atoms with Gasteiger partial charge in [-0.3, -0.25) is 0 Å². The summed E-state index contributed by atoms with van der Waals surface area (Å²) in [5.74, 6) is 0.808. The summed E-state index contributed by atoms with van der Waals surface area (Å²) in [6, 6.07) is 8.49. The van der Waals surface area contributed by atoms with E-state index >= 15 is 0 Å². The molecule has 0 amide bonds. The van der Waals surface area contributed by atoms with Gasteiger partial charge in [0.1, 0.15) is 5.82 Å². The Bertz CT molecular complexity index is 606. The minimum Gasteiger partial charge on any atom is -0.378 e. The fourth-order valence-corrected chi connectivity index (χ4v) is 2.43. The monoisotopic (exact) mass is 269 g/mol. The molecule has 104 valence electrons. The van der Waals surface area contributed by atoms with Gasteiger partial charge in [-0.2, -0.15) is 0 Å². The van der Waals surface area contributed by atoms with E-state index < -0.39 is 0 Å². The fourth-order valence-electron chi connectivity index (χ4n) is 2.43. The van der Waals surface area contributed by atoms with Gasteiger partial charge in [-0.15, -0.1) is 0 Å². The Hall–Kier alpha value is -1.78. The minimum atomic E-state index is 0.0915. The van der Waals surface area contributed by atoms with Crippen molar-refractivity contribution in [3.8, 4) is 11.3 Å². The molecule has 1 unspecified atom stereocenters. The minimum absolute atomic E-state index is 0.0915. The first-order valence-electron chi connectivity index (χ1n) is 6.96. The lowest BCUT2D eigenvalue weighted by atomic mass is 10.0. The van der Waals surface area contributed by atoms with Crippen LogP contribution in [-0.2, 0) is 4.74 Å². The predicted molar refractivity (Wildman–Crippen MR) is 78.5 cm³/mol. The summed E-state index contributed by atoms with van der Waals surface area (Å²) in [4.78, 5) is 9.10. The van der Waals surface area contributed by atoms with Gasteiger partial charge in [-0.05, 0) is 31.5 Å². The number of benzene rings is 1. The zero-order valence-electron chi connectivity index (χ0n) is 11.9. The molecule has 1 saturated heterocycles. The summed E-state index contributed by atoms with van der Waals surface area (Å²) in [5.41, 5.74) is 4.62. The van der Waals surface area contributed by atoms with E-state index in [1.807, 2.05) is 12.3 Å². The van der Waals surface area contributed by atoms with Crippen LogP contribution in [0.5, 0.6) is 0 Å². The van der Waals surface area contributed by atoms with Crippen LogP contribution < -0.4 is 5.32 Å². The number of rotatable bonds is 2. The second kappa shape index (κ2) is 5.69. The number of aromatic nitrogens is 2. The van der Waals surface area contributed by atoms with Crippen molar-refractivity contribution in [1.29, 1.82) is 0 Å². The second-order valence-electron chi connectivity index (χ2n) is 5.20. The molecular formula is C16H19N3O. The van der Waals surface area contributed by atoms with Crippen LogP contribution in [0.3, 0.4) is 0 Å². The molecule has 1 aromatic carbocycles. The summed E-state index contributed by atoms with van der Waals surface area (Å²) >= 11 is 0. The average Bonchev–Trinajstić information content (AvgIpc) is 2.51. The van der Waals surface area contributed by atoms with Crippen molar-refractivity contribution in [1.82, 2.24) is 15.3 Å². The molecule has 4 nitrogen and oxygen atoms in total. The molecule has 4 heteroatoms. The highest BCUT2D eigenvalue weighted by Gasteiger charge is 2.18. The Labute approximate surface area is 119 Å². The Morgan fingerprint density at radius 2 is 2.15 bits per heavy atom. The summed E-state index contributed by atoms with van der Waals surface area (Å²) in [6.07, 6.45) is 1.83. The van der Waals surface area contributed by atoms with Crippen molar-refractivity contribution in [2.45, 2.75) is 19.9 Å². The van der Waals surface area contributed by atoms with E-state index in [9.17, 15) is 0 Å². The number of morpholine rings is 1. The third kappa shape index (κ3) is 2.71. The van der Waals surface area contributed by atoms with Crippen LogP contribution in [0.4, 0.5) is 0 Å². The molecule has 1 aliphatic heterocycles. The molecule has 0 aliphatic carbocycles. The number of ether oxygens (including phenoxy) is 1. The van der Waals surface area contributed by atoms with E-state index in [-0.39, 0.29) is 6.04 Å². The Balaban J connectivity index is 1.96. The van der Waals surface area contributed by atoms with Crippen molar-refractivity contribution in [2.24, 2.45) is 0 Å². The summed E-state index contributed by atoms with van der Waals surface area (Å²) in [5, 5.41) is 3.39. The molecule has 0 radical (unpaired) electrons. The molecule has 1 fully saturated rings. The third-order valence-corrected chi connectivity index (χ3v) is 3.58. The van der Waals surface area contributed by atoms with Gasteiger partial charge in [0.2, 0.25) is 0 Å². The Morgan fingerprint density at radius 1 is 1.25 bits per heavy atom. The summed E-state index contributed by atoms with van der Waals surface area (Å²) in [6.45, 7) is 6.45. The molecule has 3 rings (SSSR count). The average molecular weight is 269 g/mol. The molecule has 0 spiro atoms. The van der Waals surface area contributed by atoms with Crippen molar-refractivity contribution in [3.63, 3.8) is 0 Å². The van der Waals surface area contributed by atoms with E-state index in [2.05, 4.69) is 42.3 Å². The van der Waals surface area contributed by atoms with Crippen molar-refractivity contribution < 1.29 is 4.74 Å². The van der Waals surface area contributed by atoms with Gasteiger partial charge in [0, 0.05) is 18.3 Å². The first-order chi connectivity index (χ1) is 9.74. The predicted octanol–water partition coefficient (Wildman–Crippen LogP) is 2.42. The maximum Gasteiger partial charge on any atom is 0.148 e. The van der Waals surface area contributed by atoms with Crippen LogP contribution in [0, 0.1) is 13.8 Å². The molecule has 1 N–H and O–H groups in total. The lowest BCUT2D eigenvalue weighted by Gasteiger charge is -2.22. The maximum atomic E-state index is 5.48. The van der Waals surface area contributed by atoms with Crippen LogP contribution in [0.1, 0.15) is 23.0 Å². The lowest BCUT2D eigenvalue weighted by molar-refractivity contribution is 0.0742. The van der Waals surface area contributed by atoms with Gasteiger partial charge in [0.05, 0.1) is 24.9 Å². The highest BCUT2D eigenvalue weighted by atomic mass is 16.5. The van der Waals surface area contributed by atoms with Gasteiger partial charge in [0.15, 0.2) is 0 Å². The number of aryl methyl sites for hydroxylation is 2. The highest BCUT2D eigenvalue weighted by Crippen LogP contribution is 2.23. The van der Waals surface area contributed by atoms with E-state index in [4.69, 9.17) is 9.72 Å². The normalized spacial score (nSPS) is 19.0. The Morgan fingerprint density at radius 3 is 2.95 bits per heavy atom. The van der Waals surface area contributed by atoms with Crippen LogP contribution in [0.15, 0.2) is 30.5 Å². The molecule has 0 bridgehead atoms. The SMILES string of the molecule is Cc1ccc(C)c(-c2ccnc(C3COCCN3)n2)c1.